The maximum Gasteiger partial charge on any atom is 0.249 e. The van der Waals surface area contributed by atoms with E-state index in [1.54, 1.807) is 18.2 Å². The number of nitrogens with zero attached hydrogens (tertiary/aromatic N) is 1. The van der Waals surface area contributed by atoms with Gasteiger partial charge in [0.05, 0.1) is 0 Å². The lowest BCUT2D eigenvalue weighted by Gasteiger charge is -2.31. The van der Waals surface area contributed by atoms with Gasteiger partial charge in [0, 0.05) is 19.2 Å². The number of hydrogen-bond acceptors (Lipinski definition) is 3. The van der Waals surface area contributed by atoms with E-state index in [1.807, 2.05) is 24.1 Å². The van der Waals surface area contributed by atoms with Crippen LogP contribution in [0.3, 0.4) is 0 Å². The molecule has 1 N–H and O–H groups in total. The van der Waals surface area contributed by atoms with Crippen LogP contribution >= 0.6 is 0 Å². The lowest BCUT2D eigenvalue weighted by molar-refractivity contribution is -0.136. The normalized spacial score (nSPS) is 20.7. The number of likely N-dealkylation sites (N-methyl/N-ethyl adjacent to an activating group) is 1. The third kappa shape index (κ3) is 3.45. The molecule has 0 aliphatic carbocycles. The summed E-state index contributed by atoms with van der Waals surface area (Å²) < 4.78 is 0. The van der Waals surface area contributed by atoms with E-state index in [0.29, 0.717) is 12.8 Å². The van der Waals surface area contributed by atoms with Gasteiger partial charge in [-0.15, -0.1) is 0 Å². The van der Waals surface area contributed by atoms with Crippen LogP contribution in [0.4, 0.5) is 0 Å². The summed E-state index contributed by atoms with van der Waals surface area (Å²) in [7, 11) is 1.81. The molecule has 1 fully saturated rings. The van der Waals surface area contributed by atoms with E-state index in [1.165, 1.54) is 0 Å². The molecule has 0 radical (unpaired) electrons. The minimum Gasteiger partial charge on any atom is -0.363 e. The van der Waals surface area contributed by atoms with E-state index in [2.05, 4.69) is 18.5 Å². The zero-order chi connectivity index (χ0) is 13.5. The number of rotatable bonds is 5. The minimum atomic E-state index is -0.330. The molecule has 4 nitrogen and oxygen atoms in total. The maximum atomic E-state index is 11.7. The Balaban J connectivity index is 2.80. The summed E-state index contributed by atoms with van der Waals surface area (Å²) in [4.78, 5) is 24.6. The van der Waals surface area contributed by atoms with Crippen LogP contribution in [0.1, 0.15) is 12.8 Å². The quantitative estimate of drug-likeness (QED) is 0.591. The van der Waals surface area contributed by atoms with Crippen LogP contribution in [0.2, 0.25) is 0 Å². The van der Waals surface area contributed by atoms with Gasteiger partial charge < -0.3 is 4.90 Å². The lowest BCUT2D eigenvalue weighted by atomic mass is 10.0. The van der Waals surface area contributed by atoms with Gasteiger partial charge in [0.2, 0.25) is 11.8 Å². The first-order valence-corrected chi connectivity index (χ1v) is 5.78. The van der Waals surface area contributed by atoms with Crippen molar-refractivity contribution < 1.29 is 9.59 Å². The van der Waals surface area contributed by atoms with Crippen molar-refractivity contribution >= 4 is 11.8 Å². The predicted octanol–water partition coefficient (Wildman–Crippen LogP) is 1.54. The summed E-state index contributed by atoms with van der Waals surface area (Å²) in [5.74, 6) is -0.463. The summed E-state index contributed by atoms with van der Waals surface area (Å²) in [6.07, 6.45) is 9.71. The van der Waals surface area contributed by atoms with Crippen molar-refractivity contribution in [1.29, 1.82) is 0 Å². The molecule has 1 atom stereocenters. The Morgan fingerprint density at radius 1 is 1.39 bits per heavy atom. The van der Waals surface area contributed by atoms with Gasteiger partial charge in [0.15, 0.2) is 0 Å². The van der Waals surface area contributed by atoms with Gasteiger partial charge in [-0.25, -0.2) is 0 Å². The average Bonchev–Trinajstić information content (AvgIpc) is 2.34. The van der Waals surface area contributed by atoms with Gasteiger partial charge in [-0.1, -0.05) is 31.4 Å². The van der Waals surface area contributed by atoms with Crippen molar-refractivity contribution in [2.45, 2.75) is 18.9 Å². The van der Waals surface area contributed by atoms with E-state index < -0.39 is 0 Å². The first-order chi connectivity index (χ1) is 8.60. The molecule has 1 aliphatic rings. The van der Waals surface area contributed by atoms with Crippen LogP contribution in [0.15, 0.2) is 49.2 Å². The monoisotopic (exact) mass is 246 g/mol. The smallest absolute Gasteiger partial charge is 0.249 e. The number of nitrogens with one attached hydrogen (secondary N) is 1. The summed E-state index contributed by atoms with van der Waals surface area (Å²) in [5.41, 5.74) is 0.822. The molecule has 0 aromatic rings. The third-order valence-corrected chi connectivity index (χ3v) is 2.81. The van der Waals surface area contributed by atoms with E-state index in [-0.39, 0.29) is 17.9 Å². The van der Waals surface area contributed by atoms with E-state index in [9.17, 15) is 9.59 Å². The number of carbonyl (C=O) groups excluding carboxylic acids is 2. The third-order valence-electron chi connectivity index (χ3n) is 2.81. The Morgan fingerprint density at radius 3 is 2.67 bits per heavy atom. The number of piperidine rings is 1. The summed E-state index contributed by atoms with van der Waals surface area (Å²) in [6, 6.07) is -0.330. The number of allylic oxidation sites excluding steroid dienone is 5. The highest BCUT2D eigenvalue weighted by molar-refractivity contribution is 6.00. The van der Waals surface area contributed by atoms with Crippen molar-refractivity contribution in [1.82, 2.24) is 10.2 Å². The topological polar surface area (TPSA) is 49.4 Å². The molecular formula is C14H18N2O2. The number of amides is 2. The average molecular weight is 246 g/mol. The molecule has 1 heterocycles. The van der Waals surface area contributed by atoms with E-state index >= 15 is 0 Å². The van der Waals surface area contributed by atoms with Crippen LogP contribution in [0.5, 0.6) is 0 Å². The fraction of sp³-hybridized carbons (Fsp3) is 0.286. The van der Waals surface area contributed by atoms with Crippen molar-refractivity contribution in [3.63, 3.8) is 0 Å². The van der Waals surface area contributed by atoms with Crippen molar-refractivity contribution in [2.75, 3.05) is 7.05 Å². The summed E-state index contributed by atoms with van der Waals surface area (Å²) >= 11 is 0. The van der Waals surface area contributed by atoms with Crippen LogP contribution in [0, 0.1) is 0 Å². The Kier molecular flexibility index (Phi) is 5.11. The Hall–Kier alpha value is -2.10. The Bertz CT molecular complexity index is 422. The van der Waals surface area contributed by atoms with E-state index in [4.69, 9.17) is 0 Å². The molecule has 0 spiro atoms. The molecule has 0 bridgehead atoms. The van der Waals surface area contributed by atoms with Gasteiger partial charge in [0.25, 0.3) is 0 Å². The van der Waals surface area contributed by atoms with Gasteiger partial charge in [-0.3, -0.25) is 14.9 Å². The molecule has 0 saturated carbocycles. The van der Waals surface area contributed by atoms with Crippen LogP contribution in [0.25, 0.3) is 0 Å². The van der Waals surface area contributed by atoms with Crippen molar-refractivity contribution in [3.05, 3.63) is 49.2 Å². The first-order valence-electron chi connectivity index (χ1n) is 5.78. The summed E-state index contributed by atoms with van der Waals surface area (Å²) in [6.45, 7) is 7.31. The van der Waals surface area contributed by atoms with Gasteiger partial charge in [-0.05, 0) is 18.6 Å². The molecule has 0 aromatic heterocycles. The lowest BCUT2D eigenvalue weighted by Crippen LogP contribution is -2.50. The molecule has 4 heteroatoms. The molecule has 2 amide bonds. The van der Waals surface area contributed by atoms with Crippen LogP contribution < -0.4 is 5.32 Å². The fourth-order valence-electron chi connectivity index (χ4n) is 1.79. The fourth-order valence-corrected chi connectivity index (χ4v) is 1.79. The highest BCUT2D eigenvalue weighted by Gasteiger charge is 2.29. The highest BCUT2D eigenvalue weighted by Crippen LogP contribution is 2.16. The molecule has 1 aliphatic heterocycles. The zero-order valence-corrected chi connectivity index (χ0v) is 10.6. The Morgan fingerprint density at radius 2 is 2.11 bits per heavy atom. The van der Waals surface area contributed by atoms with Crippen molar-refractivity contribution in [2.24, 2.45) is 0 Å². The first kappa shape index (κ1) is 14.0. The SMILES string of the molecule is C=C/C=C\C=C(/C=C)N(C)C1CCC(=O)NC1=O. The molecule has 18 heavy (non-hydrogen) atoms. The molecule has 1 unspecified atom stereocenters. The van der Waals surface area contributed by atoms with Gasteiger partial charge >= 0.3 is 0 Å². The second-order valence-corrected chi connectivity index (χ2v) is 3.99. The van der Waals surface area contributed by atoms with E-state index in [0.717, 1.165) is 5.70 Å². The number of carbonyl (C=O) groups is 2. The number of imide groups is 1. The second-order valence-electron chi connectivity index (χ2n) is 3.99. The molecule has 96 valence electrons. The van der Waals surface area contributed by atoms with Crippen molar-refractivity contribution in [3.8, 4) is 0 Å². The predicted molar refractivity (Wildman–Crippen MR) is 71.6 cm³/mol. The van der Waals surface area contributed by atoms with Gasteiger partial charge in [0.1, 0.15) is 6.04 Å². The maximum absolute atomic E-state index is 11.7. The molecular weight excluding hydrogens is 228 g/mol. The highest BCUT2D eigenvalue weighted by atomic mass is 16.2. The largest absolute Gasteiger partial charge is 0.363 e. The summed E-state index contributed by atoms with van der Waals surface area (Å²) in [5, 5.41) is 2.34. The minimum absolute atomic E-state index is 0.208. The van der Waals surface area contributed by atoms with Gasteiger partial charge in [-0.2, -0.15) is 0 Å². The molecule has 0 aromatic carbocycles. The second kappa shape index (κ2) is 6.59. The number of hydrogen-bond donors (Lipinski definition) is 1. The molecule has 1 rings (SSSR count). The standard InChI is InChI=1S/C14H18N2O2/c1-4-6-7-8-11(5-2)16(3)12-9-10-13(17)15-14(12)18/h4-8,12H,1-2,9-10H2,3H3,(H,15,17,18)/b7-6-,11-8+. The van der Waals surface area contributed by atoms with Crippen LogP contribution in [-0.4, -0.2) is 29.8 Å². The molecule has 1 saturated heterocycles. The Labute approximate surface area is 107 Å². The zero-order valence-electron chi connectivity index (χ0n) is 10.6. The van der Waals surface area contributed by atoms with Crippen LogP contribution in [-0.2, 0) is 9.59 Å².